The fourth-order valence-electron chi connectivity index (χ4n) is 1.66. The van der Waals surface area contributed by atoms with Gasteiger partial charge in [-0.1, -0.05) is 18.2 Å². The molecule has 0 aliphatic heterocycles. The largest absolute Gasteiger partial charge is 0.491 e. The summed E-state index contributed by atoms with van der Waals surface area (Å²) >= 11 is 0. The highest BCUT2D eigenvalue weighted by molar-refractivity contribution is 5.27. The summed E-state index contributed by atoms with van der Waals surface area (Å²) in [5.74, 6) is 0.662. The van der Waals surface area contributed by atoms with E-state index >= 15 is 0 Å². The molecule has 1 rings (SSSR count). The minimum Gasteiger partial charge on any atom is -0.491 e. The Morgan fingerprint density at radius 3 is 2.50 bits per heavy atom. The van der Waals surface area contributed by atoms with Gasteiger partial charge in [0.15, 0.2) is 0 Å². The highest BCUT2D eigenvalue weighted by atomic mass is 16.5. The number of hydrogen-bond acceptors (Lipinski definition) is 5. The van der Waals surface area contributed by atoms with E-state index in [1.807, 2.05) is 12.1 Å². The van der Waals surface area contributed by atoms with Gasteiger partial charge in [-0.2, -0.15) is 0 Å². The van der Waals surface area contributed by atoms with Gasteiger partial charge in [-0.25, -0.2) is 0 Å². The van der Waals surface area contributed by atoms with Crippen LogP contribution in [-0.2, 0) is 6.42 Å². The predicted molar refractivity (Wildman–Crippen MR) is 77.8 cm³/mol. The lowest BCUT2D eigenvalue weighted by Gasteiger charge is -2.13. The predicted octanol–water partition coefficient (Wildman–Crippen LogP) is 0.0976. The molecule has 2 atom stereocenters. The Morgan fingerprint density at radius 1 is 1.20 bits per heavy atom. The molecule has 0 saturated heterocycles. The summed E-state index contributed by atoms with van der Waals surface area (Å²) in [6.45, 7) is 4.64. The SMILES string of the molecule is C=CCNCC(O)COc1ccc(CC(O)CO)cc1. The zero-order valence-electron chi connectivity index (χ0n) is 11.5. The highest BCUT2D eigenvalue weighted by Crippen LogP contribution is 2.13. The number of ether oxygens (including phenoxy) is 1. The lowest BCUT2D eigenvalue weighted by molar-refractivity contribution is 0.0954. The van der Waals surface area contributed by atoms with Gasteiger partial charge in [-0.15, -0.1) is 6.58 Å². The van der Waals surface area contributed by atoms with Crippen LogP contribution < -0.4 is 10.1 Å². The van der Waals surface area contributed by atoms with Crippen LogP contribution in [0.4, 0.5) is 0 Å². The van der Waals surface area contributed by atoms with E-state index in [4.69, 9.17) is 9.84 Å². The molecule has 0 fully saturated rings. The van der Waals surface area contributed by atoms with Crippen molar-refractivity contribution < 1.29 is 20.1 Å². The third kappa shape index (κ3) is 6.68. The molecule has 0 aliphatic rings. The minimum absolute atomic E-state index is 0.211. The number of aliphatic hydroxyl groups excluding tert-OH is 3. The van der Waals surface area contributed by atoms with E-state index in [2.05, 4.69) is 11.9 Å². The maximum Gasteiger partial charge on any atom is 0.119 e. The molecule has 4 N–H and O–H groups in total. The van der Waals surface area contributed by atoms with E-state index < -0.39 is 12.2 Å². The van der Waals surface area contributed by atoms with Crippen molar-refractivity contribution in [1.29, 1.82) is 0 Å². The van der Waals surface area contributed by atoms with Gasteiger partial charge in [-0.05, 0) is 17.7 Å². The van der Waals surface area contributed by atoms with Gasteiger partial charge >= 0.3 is 0 Å². The van der Waals surface area contributed by atoms with E-state index in [0.29, 0.717) is 25.3 Å². The van der Waals surface area contributed by atoms with Gasteiger partial charge < -0.3 is 25.4 Å². The van der Waals surface area contributed by atoms with Crippen LogP contribution in [0.15, 0.2) is 36.9 Å². The molecular formula is C15H23NO4. The van der Waals surface area contributed by atoms with E-state index in [-0.39, 0.29) is 13.2 Å². The van der Waals surface area contributed by atoms with Crippen molar-refractivity contribution in [3.05, 3.63) is 42.5 Å². The Labute approximate surface area is 119 Å². The van der Waals surface area contributed by atoms with Crippen molar-refractivity contribution in [3.63, 3.8) is 0 Å². The van der Waals surface area contributed by atoms with Crippen molar-refractivity contribution in [1.82, 2.24) is 5.32 Å². The average Bonchev–Trinajstić information content (AvgIpc) is 2.46. The maximum atomic E-state index is 9.66. The second-order valence-electron chi connectivity index (χ2n) is 4.60. The molecule has 1 aromatic carbocycles. The van der Waals surface area contributed by atoms with Gasteiger partial charge in [0.2, 0.25) is 0 Å². The molecule has 0 aliphatic carbocycles. The summed E-state index contributed by atoms with van der Waals surface area (Å²) in [6, 6.07) is 7.22. The molecular weight excluding hydrogens is 258 g/mol. The monoisotopic (exact) mass is 281 g/mol. The van der Waals surface area contributed by atoms with Crippen LogP contribution in [0, 0.1) is 0 Å². The summed E-state index contributed by atoms with van der Waals surface area (Å²) in [4.78, 5) is 0. The van der Waals surface area contributed by atoms with Gasteiger partial charge in [0.25, 0.3) is 0 Å². The van der Waals surface area contributed by atoms with Gasteiger partial charge in [0.1, 0.15) is 18.5 Å². The topological polar surface area (TPSA) is 82.0 Å². The van der Waals surface area contributed by atoms with E-state index in [1.165, 1.54) is 0 Å². The first-order valence-corrected chi connectivity index (χ1v) is 6.66. The van der Waals surface area contributed by atoms with Gasteiger partial charge in [-0.3, -0.25) is 0 Å². The third-order valence-corrected chi connectivity index (χ3v) is 2.72. The van der Waals surface area contributed by atoms with E-state index in [0.717, 1.165) is 5.56 Å². The first kappa shape index (κ1) is 16.7. The molecule has 1 aromatic rings. The van der Waals surface area contributed by atoms with Crippen molar-refractivity contribution in [2.24, 2.45) is 0 Å². The van der Waals surface area contributed by atoms with E-state index in [9.17, 15) is 10.2 Å². The molecule has 0 radical (unpaired) electrons. The molecule has 0 saturated carbocycles. The Morgan fingerprint density at radius 2 is 1.90 bits per heavy atom. The van der Waals surface area contributed by atoms with Crippen LogP contribution in [0.5, 0.6) is 5.75 Å². The molecule has 0 bridgehead atoms. The molecule has 0 heterocycles. The molecule has 0 spiro atoms. The average molecular weight is 281 g/mol. The number of hydrogen-bond donors (Lipinski definition) is 4. The van der Waals surface area contributed by atoms with Crippen molar-refractivity contribution in [3.8, 4) is 5.75 Å². The van der Waals surface area contributed by atoms with Crippen molar-refractivity contribution in [2.75, 3.05) is 26.3 Å². The Bertz CT molecular complexity index is 380. The number of aliphatic hydroxyl groups is 3. The Balaban J connectivity index is 2.32. The quantitative estimate of drug-likeness (QED) is 0.361. The fourth-order valence-corrected chi connectivity index (χ4v) is 1.66. The normalized spacial score (nSPS) is 13.8. The molecule has 112 valence electrons. The van der Waals surface area contributed by atoms with Crippen LogP contribution in [0.1, 0.15) is 5.56 Å². The first-order chi connectivity index (χ1) is 9.65. The van der Waals surface area contributed by atoms with Crippen molar-refractivity contribution >= 4 is 0 Å². The zero-order valence-corrected chi connectivity index (χ0v) is 11.5. The molecule has 0 amide bonds. The molecule has 0 aromatic heterocycles. The number of benzene rings is 1. The van der Waals surface area contributed by atoms with Crippen LogP contribution in [-0.4, -0.2) is 53.8 Å². The lowest BCUT2D eigenvalue weighted by atomic mass is 10.1. The summed E-state index contributed by atoms with van der Waals surface area (Å²) in [5, 5.41) is 30.8. The molecule has 5 nitrogen and oxygen atoms in total. The van der Waals surface area contributed by atoms with Crippen LogP contribution >= 0.6 is 0 Å². The van der Waals surface area contributed by atoms with Gasteiger partial charge in [0.05, 0.1) is 12.7 Å². The smallest absolute Gasteiger partial charge is 0.119 e. The standard InChI is InChI=1S/C15H23NO4/c1-2-7-16-9-14(19)11-20-15-5-3-12(4-6-15)8-13(18)10-17/h2-6,13-14,16-19H,1,7-11H2. The van der Waals surface area contributed by atoms with Crippen molar-refractivity contribution in [2.45, 2.75) is 18.6 Å². The fraction of sp³-hybridized carbons (Fsp3) is 0.467. The van der Waals surface area contributed by atoms with Gasteiger partial charge in [0, 0.05) is 19.5 Å². The second-order valence-corrected chi connectivity index (χ2v) is 4.60. The maximum absolute atomic E-state index is 9.66. The molecule has 5 heteroatoms. The molecule has 2 unspecified atom stereocenters. The highest BCUT2D eigenvalue weighted by Gasteiger charge is 2.06. The van der Waals surface area contributed by atoms with Crippen LogP contribution in [0.2, 0.25) is 0 Å². The summed E-state index contributed by atoms with van der Waals surface area (Å²) < 4.78 is 5.46. The second kappa shape index (κ2) is 9.50. The van der Waals surface area contributed by atoms with Crippen LogP contribution in [0.25, 0.3) is 0 Å². The number of rotatable bonds is 10. The molecule has 20 heavy (non-hydrogen) atoms. The van der Waals surface area contributed by atoms with Crippen LogP contribution in [0.3, 0.4) is 0 Å². The number of nitrogens with one attached hydrogen (secondary N) is 1. The van der Waals surface area contributed by atoms with E-state index in [1.54, 1.807) is 18.2 Å². The zero-order chi connectivity index (χ0) is 14.8. The Hall–Kier alpha value is -1.40. The summed E-state index contributed by atoms with van der Waals surface area (Å²) in [7, 11) is 0. The lowest BCUT2D eigenvalue weighted by Crippen LogP contribution is -2.31. The third-order valence-electron chi connectivity index (χ3n) is 2.72. The minimum atomic E-state index is -0.737. The first-order valence-electron chi connectivity index (χ1n) is 6.66. The summed E-state index contributed by atoms with van der Waals surface area (Å²) in [5.41, 5.74) is 0.923. The summed E-state index contributed by atoms with van der Waals surface area (Å²) in [6.07, 6.45) is 0.822. The Kier molecular flexibility index (Phi) is 7.91.